The third-order valence-corrected chi connectivity index (χ3v) is 1.66. The normalized spacial score (nSPS) is 10.1. The molecule has 0 radical (unpaired) electrons. The van der Waals surface area contributed by atoms with Gasteiger partial charge in [0, 0.05) is 0 Å². The number of hydrogen-bond donors (Lipinski definition) is 0. The molecule has 1 aromatic heterocycles. The Hall–Kier alpha value is -1.35. The van der Waals surface area contributed by atoms with Crippen LogP contribution in [0.4, 0.5) is 0 Å². The Morgan fingerprint density at radius 1 is 1.17 bits per heavy atom. The number of aromatic nitrogens is 3. The third kappa shape index (κ3) is 1.31. The molecule has 60 valence electrons. The Morgan fingerprint density at radius 3 is 2.50 bits per heavy atom. The van der Waals surface area contributed by atoms with Gasteiger partial charge < -0.3 is 0 Å². The van der Waals surface area contributed by atoms with Gasteiger partial charge in [-0.05, 0) is 23.7 Å². The molecule has 3 nitrogen and oxygen atoms in total. The van der Waals surface area contributed by atoms with Gasteiger partial charge in [0.2, 0.25) is 5.28 Å². The van der Waals surface area contributed by atoms with Crippen molar-refractivity contribution in [2.24, 2.45) is 0 Å². The van der Waals surface area contributed by atoms with Crippen LogP contribution in [-0.4, -0.2) is 14.8 Å². The van der Waals surface area contributed by atoms with Crippen molar-refractivity contribution in [2.45, 2.75) is 0 Å². The quantitative estimate of drug-likeness (QED) is 0.670. The predicted molar refractivity (Wildman–Crippen MR) is 46.4 cm³/mol. The molecule has 12 heavy (non-hydrogen) atoms. The first-order valence-corrected chi connectivity index (χ1v) is 3.86. The second kappa shape index (κ2) is 2.95. The molecule has 0 unspecified atom stereocenters. The van der Waals surface area contributed by atoms with Crippen LogP contribution in [-0.2, 0) is 0 Å². The first-order valence-electron chi connectivity index (χ1n) is 3.49. The molecule has 1 aromatic carbocycles. The van der Waals surface area contributed by atoms with Crippen molar-refractivity contribution in [3.05, 3.63) is 41.9 Å². The van der Waals surface area contributed by atoms with E-state index in [1.165, 1.54) is 0 Å². The summed E-state index contributed by atoms with van der Waals surface area (Å²) in [6.45, 7) is 0. The number of halogens is 1. The highest BCUT2D eigenvalue weighted by atomic mass is 35.5. The van der Waals surface area contributed by atoms with E-state index in [0.29, 0.717) is 0 Å². The predicted octanol–water partition coefficient (Wildman–Crippen LogP) is 1.92. The lowest BCUT2D eigenvalue weighted by atomic mass is 10.3. The van der Waals surface area contributed by atoms with E-state index >= 15 is 0 Å². The molecule has 0 saturated carbocycles. The van der Waals surface area contributed by atoms with Crippen LogP contribution < -0.4 is 0 Å². The number of rotatable bonds is 1. The van der Waals surface area contributed by atoms with Crippen LogP contribution in [0.3, 0.4) is 0 Å². The monoisotopic (exact) mass is 179 g/mol. The van der Waals surface area contributed by atoms with E-state index in [4.69, 9.17) is 11.6 Å². The van der Waals surface area contributed by atoms with Crippen molar-refractivity contribution >= 4 is 11.6 Å². The molecule has 4 heteroatoms. The second-order valence-electron chi connectivity index (χ2n) is 2.29. The molecule has 0 amide bonds. The van der Waals surface area contributed by atoms with Crippen LogP contribution in [0, 0.1) is 0 Å². The molecule has 2 rings (SSSR count). The molecule has 0 bridgehead atoms. The zero-order chi connectivity index (χ0) is 8.39. The summed E-state index contributed by atoms with van der Waals surface area (Å²) in [5.74, 6) is 0. The van der Waals surface area contributed by atoms with Gasteiger partial charge in [-0.15, -0.1) is 5.10 Å². The van der Waals surface area contributed by atoms with Gasteiger partial charge in [0.15, 0.2) is 0 Å². The molecular weight excluding hydrogens is 174 g/mol. The maximum atomic E-state index is 5.57. The second-order valence-corrected chi connectivity index (χ2v) is 2.63. The van der Waals surface area contributed by atoms with E-state index in [1.807, 2.05) is 30.3 Å². The Kier molecular flexibility index (Phi) is 1.80. The molecule has 0 spiro atoms. The number of benzene rings is 1. The molecule has 0 N–H and O–H groups in total. The molecule has 0 aliphatic rings. The average molecular weight is 180 g/mol. The Balaban J connectivity index is 2.45. The van der Waals surface area contributed by atoms with Crippen LogP contribution in [0.1, 0.15) is 0 Å². The van der Waals surface area contributed by atoms with Gasteiger partial charge in [0.05, 0.1) is 5.69 Å². The lowest BCUT2D eigenvalue weighted by molar-refractivity contribution is 0.879. The van der Waals surface area contributed by atoms with Crippen molar-refractivity contribution in [1.29, 1.82) is 0 Å². The van der Waals surface area contributed by atoms with Crippen LogP contribution in [0.5, 0.6) is 0 Å². The van der Waals surface area contributed by atoms with Gasteiger partial charge in [0.1, 0.15) is 6.33 Å². The largest absolute Gasteiger partial charge is 0.242 e. The number of hydrogen-bond acceptors (Lipinski definition) is 2. The highest BCUT2D eigenvalue weighted by Gasteiger charge is 1.97. The molecule has 0 atom stereocenters. The minimum atomic E-state index is 0.263. The number of para-hydroxylation sites is 1. The summed E-state index contributed by atoms with van der Waals surface area (Å²) in [5.41, 5.74) is 0.955. The lowest BCUT2D eigenvalue weighted by Gasteiger charge is -1.96. The molecule has 0 aliphatic heterocycles. The van der Waals surface area contributed by atoms with Crippen molar-refractivity contribution in [1.82, 2.24) is 14.8 Å². The van der Waals surface area contributed by atoms with Gasteiger partial charge >= 0.3 is 0 Å². The summed E-state index contributed by atoms with van der Waals surface area (Å²) in [5, 5.41) is 4.21. The SMILES string of the molecule is Clc1ncn(-c2ccccc2)n1. The van der Waals surface area contributed by atoms with E-state index < -0.39 is 0 Å². The Morgan fingerprint density at radius 2 is 1.92 bits per heavy atom. The fraction of sp³-hybridized carbons (Fsp3) is 0. The van der Waals surface area contributed by atoms with Crippen LogP contribution in [0.15, 0.2) is 36.7 Å². The van der Waals surface area contributed by atoms with Crippen molar-refractivity contribution in [3.63, 3.8) is 0 Å². The molecular formula is C8H6ClN3. The fourth-order valence-electron chi connectivity index (χ4n) is 0.948. The Labute approximate surface area is 74.6 Å². The van der Waals surface area contributed by atoms with Gasteiger partial charge in [0.25, 0.3) is 0 Å². The number of nitrogens with zero attached hydrogens (tertiary/aromatic N) is 3. The van der Waals surface area contributed by atoms with Crippen LogP contribution in [0.2, 0.25) is 5.28 Å². The maximum absolute atomic E-state index is 5.57. The van der Waals surface area contributed by atoms with Crippen molar-refractivity contribution in [2.75, 3.05) is 0 Å². The van der Waals surface area contributed by atoms with Crippen LogP contribution in [0.25, 0.3) is 5.69 Å². The zero-order valence-electron chi connectivity index (χ0n) is 6.18. The minimum absolute atomic E-state index is 0.263. The summed E-state index contributed by atoms with van der Waals surface area (Å²) < 4.78 is 1.63. The fourth-order valence-corrected chi connectivity index (χ4v) is 1.07. The zero-order valence-corrected chi connectivity index (χ0v) is 6.94. The summed E-state index contributed by atoms with van der Waals surface area (Å²) in [7, 11) is 0. The average Bonchev–Trinajstić information content (AvgIpc) is 2.54. The smallest absolute Gasteiger partial charge is 0.219 e. The van der Waals surface area contributed by atoms with Gasteiger partial charge in [-0.25, -0.2) is 9.67 Å². The van der Waals surface area contributed by atoms with E-state index in [-0.39, 0.29) is 5.28 Å². The summed E-state index contributed by atoms with van der Waals surface area (Å²) in [6, 6.07) is 9.69. The highest BCUT2D eigenvalue weighted by Crippen LogP contribution is 2.06. The molecule has 0 fully saturated rings. The lowest BCUT2D eigenvalue weighted by Crippen LogP contribution is -1.92. The van der Waals surface area contributed by atoms with Crippen LogP contribution >= 0.6 is 11.6 Å². The maximum Gasteiger partial charge on any atom is 0.242 e. The van der Waals surface area contributed by atoms with Gasteiger partial charge in [-0.2, -0.15) is 0 Å². The molecule has 1 heterocycles. The van der Waals surface area contributed by atoms with E-state index in [9.17, 15) is 0 Å². The topological polar surface area (TPSA) is 30.7 Å². The van der Waals surface area contributed by atoms with E-state index in [1.54, 1.807) is 11.0 Å². The first-order chi connectivity index (χ1) is 5.86. The molecule has 0 saturated heterocycles. The molecule has 2 aromatic rings. The standard InChI is InChI=1S/C8H6ClN3/c9-8-10-6-12(11-8)7-4-2-1-3-5-7/h1-6H. The highest BCUT2D eigenvalue weighted by molar-refractivity contribution is 6.28. The third-order valence-electron chi connectivity index (χ3n) is 1.48. The van der Waals surface area contributed by atoms with Gasteiger partial charge in [-0.3, -0.25) is 0 Å². The minimum Gasteiger partial charge on any atom is -0.219 e. The van der Waals surface area contributed by atoms with Crippen molar-refractivity contribution in [3.8, 4) is 5.69 Å². The summed E-state index contributed by atoms with van der Waals surface area (Å²) in [6.07, 6.45) is 1.58. The van der Waals surface area contributed by atoms with E-state index in [2.05, 4.69) is 10.1 Å². The summed E-state index contributed by atoms with van der Waals surface area (Å²) >= 11 is 5.57. The Bertz CT molecular complexity index is 369. The van der Waals surface area contributed by atoms with Crippen molar-refractivity contribution < 1.29 is 0 Å². The molecule has 0 aliphatic carbocycles. The first kappa shape index (κ1) is 7.31. The van der Waals surface area contributed by atoms with E-state index in [0.717, 1.165) is 5.69 Å². The van der Waals surface area contributed by atoms with Gasteiger partial charge in [-0.1, -0.05) is 18.2 Å². The summed E-state index contributed by atoms with van der Waals surface area (Å²) in [4.78, 5) is 3.81.